The average molecular weight is 297 g/mol. The van der Waals surface area contributed by atoms with Crippen LogP contribution in [-0.4, -0.2) is 20.9 Å². The molecule has 5 nitrogen and oxygen atoms in total. The molecule has 22 heavy (non-hydrogen) atoms. The van der Waals surface area contributed by atoms with Crippen LogP contribution in [0.3, 0.4) is 0 Å². The summed E-state index contributed by atoms with van der Waals surface area (Å²) in [7, 11) is 0. The molecule has 0 atom stereocenters. The number of hydrogen-bond acceptors (Lipinski definition) is 3. The molecule has 3 N–H and O–H groups in total. The number of anilines is 1. The molecule has 0 aliphatic rings. The lowest BCUT2D eigenvalue weighted by atomic mass is 10.1. The van der Waals surface area contributed by atoms with Gasteiger partial charge < -0.3 is 10.8 Å². The maximum Gasteiger partial charge on any atom is 0.341 e. The fourth-order valence-corrected chi connectivity index (χ4v) is 2.25. The van der Waals surface area contributed by atoms with Gasteiger partial charge in [0, 0.05) is 5.56 Å². The first-order valence-electron chi connectivity index (χ1n) is 6.51. The highest BCUT2D eigenvalue weighted by Crippen LogP contribution is 2.29. The van der Waals surface area contributed by atoms with E-state index in [2.05, 4.69) is 5.10 Å². The molecule has 2 aromatic carbocycles. The van der Waals surface area contributed by atoms with E-state index in [0.29, 0.717) is 11.3 Å². The van der Waals surface area contributed by atoms with Crippen molar-refractivity contribution in [1.29, 1.82) is 0 Å². The van der Waals surface area contributed by atoms with Gasteiger partial charge >= 0.3 is 5.97 Å². The highest BCUT2D eigenvalue weighted by Gasteiger charge is 2.23. The first-order chi connectivity index (χ1) is 10.6. The number of nitrogens with two attached hydrogens (primary N) is 1. The second-order valence-corrected chi connectivity index (χ2v) is 4.67. The van der Waals surface area contributed by atoms with Crippen LogP contribution in [0.2, 0.25) is 0 Å². The number of halogens is 1. The minimum absolute atomic E-state index is 0.00189. The summed E-state index contributed by atoms with van der Waals surface area (Å²) < 4.78 is 14.7. The molecule has 0 spiro atoms. The van der Waals surface area contributed by atoms with Crippen molar-refractivity contribution in [3.05, 3.63) is 66.0 Å². The highest BCUT2D eigenvalue weighted by atomic mass is 19.1. The molecule has 0 unspecified atom stereocenters. The van der Waals surface area contributed by atoms with Crippen LogP contribution in [0.15, 0.2) is 54.6 Å². The van der Waals surface area contributed by atoms with E-state index < -0.39 is 11.8 Å². The van der Waals surface area contributed by atoms with E-state index in [4.69, 9.17) is 5.73 Å². The number of nitrogen functional groups attached to an aromatic ring is 1. The molecule has 110 valence electrons. The summed E-state index contributed by atoms with van der Waals surface area (Å²) in [5.41, 5.74) is 6.92. The van der Waals surface area contributed by atoms with Gasteiger partial charge in [0.15, 0.2) is 0 Å². The fraction of sp³-hybridized carbons (Fsp3) is 0. The van der Waals surface area contributed by atoms with Gasteiger partial charge in [0.25, 0.3) is 0 Å². The first-order valence-corrected chi connectivity index (χ1v) is 6.51. The number of carbonyl (C=O) groups is 1. The van der Waals surface area contributed by atoms with Crippen molar-refractivity contribution in [1.82, 2.24) is 9.78 Å². The van der Waals surface area contributed by atoms with Gasteiger partial charge in [-0.15, -0.1) is 0 Å². The van der Waals surface area contributed by atoms with Gasteiger partial charge in [0.1, 0.15) is 22.9 Å². The van der Waals surface area contributed by atoms with E-state index in [1.807, 2.05) is 6.07 Å². The van der Waals surface area contributed by atoms with Crippen molar-refractivity contribution in [2.45, 2.75) is 0 Å². The number of aromatic carboxylic acids is 1. The Kier molecular flexibility index (Phi) is 3.34. The fourth-order valence-electron chi connectivity index (χ4n) is 2.25. The Balaban J connectivity index is 2.25. The molecule has 0 aliphatic heterocycles. The molecule has 0 fully saturated rings. The minimum Gasteiger partial charge on any atom is -0.477 e. The Bertz CT molecular complexity index is 844. The van der Waals surface area contributed by atoms with E-state index >= 15 is 0 Å². The predicted octanol–water partition coefficient (Wildman–Crippen LogP) is 2.96. The van der Waals surface area contributed by atoms with Gasteiger partial charge in [-0.3, -0.25) is 0 Å². The monoisotopic (exact) mass is 297 g/mol. The van der Waals surface area contributed by atoms with Crippen LogP contribution in [0.1, 0.15) is 10.4 Å². The second-order valence-electron chi connectivity index (χ2n) is 4.67. The normalized spacial score (nSPS) is 10.6. The molecular weight excluding hydrogens is 285 g/mol. The van der Waals surface area contributed by atoms with Gasteiger partial charge in [-0.2, -0.15) is 5.10 Å². The zero-order valence-corrected chi connectivity index (χ0v) is 11.4. The predicted molar refractivity (Wildman–Crippen MR) is 80.3 cm³/mol. The summed E-state index contributed by atoms with van der Waals surface area (Å²) in [6, 6.07) is 14.5. The number of carboxylic acids is 1. The summed E-state index contributed by atoms with van der Waals surface area (Å²) in [5.74, 6) is -1.68. The molecule has 0 radical (unpaired) electrons. The zero-order chi connectivity index (χ0) is 15.7. The summed E-state index contributed by atoms with van der Waals surface area (Å²) in [6.07, 6.45) is 0. The zero-order valence-electron chi connectivity index (χ0n) is 11.4. The molecule has 0 amide bonds. The van der Waals surface area contributed by atoms with Crippen molar-refractivity contribution < 1.29 is 14.3 Å². The van der Waals surface area contributed by atoms with Crippen LogP contribution in [-0.2, 0) is 0 Å². The third kappa shape index (κ3) is 2.31. The lowest BCUT2D eigenvalue weighted by molar-refractivity contribution is 0.0699. The molecule has 0 bridgehead atoms. The van der Waals surface area contributed by atoms with Gasteiger partial charge in [-0.25, -0.2) is 13.9 Å². The number of carboxylic acid groups (broad SMARTS) is 1. The van der Waals surface area contributed by atoms with Crippen molar-refractivity contribution in [2.24, 2.45) is 0 Å². The SMILES string of the molecule is Nc1c(C(=O)O)c(-c2cccc(F)c2)nn1-c1ccccc1. The lowest BCUT2D eigenvalue weighted by Crippen LogP contribution is -2.05. The van der Waals surface area contributed by atoms with Crippen molar-refractivity contribution >= 4 is 11.8 Å². The van der Waals surface area contributed by atoms with E-state index in [-0.39, 0.29) is 17.1 Å². The van der Waals surface area contributed by atoms with Crippen LogP contribution < -0.4 is 5.73 Å². The minimum atomic E-state index is -1.21. The Hall–Kier alpha value is -3.15. The number of nitrogens with zero attached hydrogens (tertiary/aromatic N) is 2. The number of benzene rings is 2. The van der Waals surface area contributed by atoms with Crippen LogP contribution >= 0.6 is 0 Å². The summed E-state index contributed by atoms with van der Waals surface area (Å²) in [4.78, 5) is 11.5. The third-order valence-corrected chi connectivity index (χ3v) is 3.23. The Morgan fingerprint density at radius 3 is 2.50 bits per heavy atom. The van der Waals surface area contributed by atoms with Gasteiger partial charge in [0.05, 0.1) is 5.69 Å². The number of aromatic nitrogens is 2. The molecule has 0 aliphatic carbocycles. The van der Waals surface area contributed by atoms with Crippen molar-refractivity contribution in [3.63, 3.8) is 0 Å². The van der Waals surface area contributed by atoms with E-state index in [1.165, 1.54) is 22.9 Å². The van der Waals surface area contributed by atoms with Gasteiger partial charge in [-0.1, -0.05) is 30.3 Å². The lowest BCUT2D eigenvalue weighted by Gasteiger charge is -2.02. The summed E-state index contributed by atoms with van der Waals surface area (Å²) in [5, 5.41) is 13.7. The van der Waals surface area contributed by atoms with Crippen LogP contribution in [0, 0.1) is 5.82 Å². The second kappa shape index (κ2) is 5.33. The third-order valence-electron chi connectivity index (χ3n) is 3.23. The maximum atomic E-state index is 13.4. The average Bonchev–Trinajstić information content (AvgIpc) is 2.86. The van der Waals surface area contributed by atoms with Gasteiger partial charge in [0.2, 0.25) is 0 Å². The van der Waals surface area contributed by atoms with E-state index in [9.17, 15) is 14.3 Å². The Morgan fingerprint density at radius 1 is 1.14 bits per heavy atom. The standard InChI is InChI=1S/C16H12FN3O2/c17-11-6-4-5-10(9-11)14-13(16(21)22)15(18)20(19-14)12-7-2-1-3-8-12/h1-9H,18H2,(H,21,22). The summed E-state index contributed by atoms with van der Waals surface area (Å²) in [6.45, 7) is 0. The number of para-hydroxylation sites is 1. The molecule has 6 heteroatoms. The molecule has 3 rings (SSSR count). The molecule has 1 heterocycles. The largest absolute Gasteiger partial charge is 0.477 e. The van der Waals surface area contributed by atoms with Crippen LogP contribution in [0.4, 0.5) is 10.2 Å². The number of rotatable bonds is 3. The molecular formula is C16H12FN3O2. The highest BCUT2D eigenvalue weighted by molar-refractivity contribution is 6.00. The quantitative estimate of drug-likeness (QED) is 0.778. The topological polar surface area (TPSA) is 81.1 Å². The Morgan fingerprint density at radius 2 is 1.86 bits per heavy atom. The smallest absolute Gasteiger partial charge is 0.341 e. The van der Waals surface area contributed by atoms with Crippen LogP contribution in [0.5, 0.6) is 0 Å². The summed E-state index contributed by atoms with van der Waals surface area (Å²) >= 11 is 0. The first kappa shape index (κ1) is 13.8. The van der Waals surface area contributed by atoms with E-state index in [0.717, 1.165) is 0 Å². The molecule has 1 aromatic heterocycles. The maximum absolute atomic E-state index is 13.4. The number of hydrogen-bond donors (Lipinski definition) is 2. The molecule has 0 saturated carbocycles. The Labute approximate surface area is 125 Å². The molecule has 0 saturated heterocycles. The van der Waals surface area contributed by atoms with Gasteiger partial charge in [-0.05, 0) is 24.3 Å². The van der Waals surface area contributed by atoms with Crippen molar-refractivity contribution in [3.8, 4) is 16.9 Å². The van der Waals surface area contributed by atoms with Crippen LogP contribution in [0.25, 0.3) is 16.9 Å². The van der Waals surface area contributed by atoms with Crippen molar-refractivity contribution in [2.75, 3.05) is 5.73 Å². The molecule has 3 aromatic rings. The van der Waals surface area contributed by atoms with E-state index in [1.54, 1.807) is 30.3 Å².